The van der Waals surface area contributed by atoms with Gasteiger partial charge in [0.15, 0.2) is 0 Å². The molecule has 3 aromatic carbocycles. The molecule has 0 aliphatic rings. The number of carbonyl (C=O) groups is 2. The fourth-order valence-electron chi connectivity index (χ4n) is 4.54. The Kier molecular flexibility index (Phi) is 10.5. The normalized spacial score (nSPS) is 12.0. The molecule has 7 nitrogen and oxygen atoms in total. The van der Waals surface area contributed by atoms with Crippen molar-refractivity contribution in [3.05, 3.63) is 100 Å². The minimum Gasteiger partial charge on any atom is -0.357 e. The zero-order valence-corrected chi connectivity index (χ0v) is 24.4. The third-order valence-corrected chi connectivity index (χ3v) is 8.17. The van der Waals surface area contributed by atoms with Gasteiger partial charge in [-0.3, -0.25) is 13.9 Å². The van der Waals surface area contributed by atoms with Gasteiger partial charge in [0.2, 0.25) is 21.8 Å². The number of nitrogens with one attached hydrogen (secondary N) is 1. The first-order chi connectivity index (χ1) is 18.5. The predicted octanol–water partition coefficient (Wildman–Crippen LogP) is 4.89. The Morgan fingerprint density at radius 3 is 2.26 bits per heavy atom. The molecule has 0 unspecified atom stereocenters. The van der Waals surface area contributed by atoms with Crippen LogP contribution >= 0.6 is 11.6 Å². The van der Waals surface area contributed by atoms with E-state index in [0.717, 1.165) is 22.3 Å². The molecule has 1 atom stereocenters. The summed E-state index contributed by atoms with van der Waals surface area (Å²) in [7, 11) is -2.02. The smallest absolute Gasteiger partial charge is 0.242 e. The Balaban J connectivity index is 1.86. The van der Waals surface area contributed by atoms with Gasteiger partial charge in [-0.1, -0.05) is 66.2 Å². The van der Waals surface area contributed by atoms with E-state index in [4.69, 9.17) is 11.6 Å². The zero-order valence-electron chi connectivity index (χ0n) is 22.9. The van der Waals surface area contributed by atoms with Crippen molar-refractivity contribution in [3.63, 3.8) is 0 Å². The summed E-state index contributed by atoms with van der Waals surface area (Å²) in [5.41, 5.74) is 4.19. The minimum absolute atomic E-state index is 0.0692. The summed E-state index contributed by atoms with van der Waals surface area (Å²) >= 11 is 6.21. The Morgan fingerprint density at radius 2 is 1.62 bits per heavy atom. The summed E-state index contributed by atoms with van der Waals surface area (Å²) in [6, 6.07) is 21.5. The Morgan fingerprint density at radius 1 is 0.949 bits per heavy atom. The van der Waals surface area contributed by atoms with Crippen LogP contribution in [0, 0.1) is 13.8 Å². The van der Waals surface area contributed by atoms with Gasteiger partial charge >= 0.3 is 0 Å². The summed E-state index contributed by atoms with van der Waals surface area (Å²) in [4.78, 5) is 28.4. The fraction of sp³-hybridized carbons (Fsp3) is 0.333. The summed E-state index contributed by atoms with van der Waals surface area (Å²) in [5, 5.41) is 3.24. The van der Waals surface area contributed by atoms with Crippen LogP contribution in [0.15, 0.2) is 72.8 Å². The second-order valence-electron chi connectivity index (χ2n) is 9.63. The lowest BCUT2D eigenvalue weighted by molar-refractivity contribution is -0.141. The third-order valence-electron chi connectivity index (χ3n) is 6.76. The highest BCUT2D eigenvalue weighted by Crippen LogP contribution is 2.26. The van der Waals surface area contributed by atoms with Crippen LogP contribution < -0.4 is 9.62 Å². The van der Waals surface area contributed by atoms with Crippen molar-refractivity contribution in [1.82, 2.24) is 10.2 Å². The largest absolute Gasteiger partial charge is 0.357 e. The van der Waals surface area contributed by atoms with Gasteiger partial charge in [0, 0.05) is 38.0 Å². The van der Waals surface area contributed by atoms with E-state index in [2.05, 4.69) is 5.32 Å². The van der Waals surface area contributed by atoms with Crippen molar-refractivity contribution in [1.29, 1.82) is 0 Å². The van der Waals surface area contributed by atoms with Gasteiger partial charge in [-0.15, -0.1) is 0 Å². The average molecular weight is 570 g/mol. The number of rotatable bonds is 12. The molecule has 2 amide bonds. The number of anilines is 1. The summed E-state index contributed by atoms with van der Waals surface area (Å²) < 4.78 is 26.7. The molecule has 0 aromatic heterocycles. The first-order valence-electron chi connectivity index (χ1n) is 12.8. The lowest BCUT2D eigenvalue weighted by atomic mass is 10.0. The number of amides is 2. The van der Waals surface area contributed by atoms with E-state index in [1.165, 1.54) is 10.6 Å². The average Bonchev–Trinajstić information content (AvgIpc) is 2.90. The molecule has 0 saturated heterocycles. The van der Waals surface area contributed by atoms with Gasteiger partial charge in [-0.2, -0.15) is 0 Å². The molecule has 0 aliphatic heterocycles. The first-order valence-corrected chi connectivity index (χ1v) is 15.1. The standard InChI is InChI=1S/C30H36ClN3O4S/c1-22-11-8-16-27(23(22)2)34(39(4,37)38)18-10-17-29(35)33(21-25-14-9-15-26(31)19-25)28(30(36)32-3)20-24-12-6-5-7-13-24/h5-9,11-16,19,28H,10,17-18,20-21H2,1-4H3,(H,32,36)/t28-/m0/s1. The molecule has 0 saturated carbocycles. The van der Waals surface area contributed by atoms with Crippen LogP contribution in [0.3, 0.4) is 0 Å². The maximum Gasteiger partial charge on any atom is 0.242 e. The van der Waals surface area contributed by atoms with Crippen molar-refractivity contribution in [2.24, 2.45) is 0 Å². The number of carbonyl (C=O) groups excluding carboxylic acids is 2. The van der Waals surface area contributed by atoms with Gasteiger partial charge in [0.1, 0.15) is 6.04 Å². The van der Waals surface area contributed by atoms with Crippen molar-refractivity contribution in [2.75, 3.05) is 24.2 Å². The van der Waals surface area contributed by atoms with Crippen molar-refractivity contribution in [2.45, 2.75) is 45.7 Å². The molecule has 0 heterocycles. The van der Waals surface area contributed by atoms with Crippen LogP contribution in [0.25, 0.3) is 0 Å². The monoisotopic (exact) mass is 569 g/mol. The highest BCUT2D eigenvalue weighted by atomic mass is 35.5. The SMILES string of the molecule is CNC(=O)[C@H](Cc1ccccc1)N(Cc1cccc(Cl)c1)C(=O)CCCN(c1cccc(C)c1C)S(C)(=O)=O. The molecule has 0 fully saturated rings. The number of hydrogen-bond donors (Lipinski definition) is 1. The quantitative estimate of drug-likeness (QED) is 0.336. The van der Waals surface area contributed by atoms with E-state index in [9.17, 15) is 18.0 Å². The van der Waals surface area contributed by atoms with Gasteiger partial charge < -0.3 is 10.2 Å². The van der Waals surface area contributed by atoms with E-state index in [1.807, 2.05) is 62.4 Å². The van der Waals surface area contributed by atoms with Crippen LogP contribution in [0.4, 0.5) is 5.69 Å². The molecule has 0 aliphatic carbocycles. The topological polar surface area (TPSA) is 86.8 Å². The number of nitrogens with zero attached hydrogens (tertiary/aromatic N) is 2. The maximum absolute atomic E-state index is 13.7. The molecule has 9 heteroatoms. The second-order valence-corrected chi connectivity index (χ2v) is 12.0. The second kappa shape index (κ2) is 13.6. The number of benzene rings is 3. The summed E-state index contributed by atoms with van der Waals surface area (Å²) in [6.45, 7) is 4.15. The van der Waals surface area contributed by atoms with E-state index >= 15 is 0 Å². The highest BCUT2D eigenvalue weighted by molar-refractivity contribution is 7.92. The van der Waals surface area contributed by atoms with Crippen LogP contribution in [0.1, 0.15) is 35.1 Å². The van der Waals surface area contributed by atoms with Crippen molar-refractivity contribution >= 4 is 39.1 Å². The predicted molar refractivity (Wildman–Crippen MR) is 157 cm³/mol. The number of likely N-dealkylation sites (N-methyl/N-ethyl adjacent to an activating group) is 1. The first kappa shape index (κ1) is 30.2. The van der Waals surface area contributed by atoms with Crippen LogP contribution in [-0.2, 0) is 32.6 Å². The number of hydrogen-bond acceptors (Lipinski definition) is 4. The number of sulfonamides is 1. The van der Waals surface area contributed by atoms with Crippen LogP contribution in [0.2, 0.25) is 5.02 Å². The van der Waals surface area contributed by atoms with Crippen molar-refractivity contribution < 1.29 is 18.0 Å². The van der Waals surface area contributed by atoms with E-state index < -0.39 is 16.1 Å². The molecule has 3 aromatic rings. The Hall–Kier alpha value is -3.36. The van der Waals surface area contributed by atoms with Gasteiger partial charge in [-0.05, 0) is 60.7 Å². The summed E-state index contributed by atoms with van der Waals surface area (Å²) in [6.07, 6.45) is 1.87. The summed E-state index contributed by atoms with van der Waals surface area (Å²) in [5.74, 6) is -0.517. The van der Waals surface area contributed by atoms with E-state index in [0.29, 0.717) is 17.1 Å². The van der Waals surface area contributed by atoms with Gasteiger partial charge in [-0.25, -0.2) is 8.42 Å². The maximum atomic E-state index is 13.7. The molecule has 3 rings (SSSR count). The molecule has 208 valence electrons. The Bertz CT molecular complexity index is 1400. The third kappa shape index (κ3) is 8.31. The Labute approximate surface area is 236 Å². The molecular weight excluding hydrogens is 534 g/mol. The number of halogens is 1. The van der Waals surface area contributed by atoms with Crippen molar-refractivity contribution in [3.8, 4) is 0 Å². The fourth-order valence-corrected chi connectivity index (χ4v) is 5.77. The molecule has 1 N–H and O–H groups in total. The van der Waals surface area contributed by atoms with Crippen LogP contribution in [0.5, 0.6) is 0 Å². The molecule has 0 radical (unpaired) electrons. The lowest BCUT2D eigenvalue weighted by Crippen LogP contribution is -2.49. The highest BCUT2D eigenvalue weighted by Gasteiger charge is 2.30. The molecular formula is C30H36ClN3O4S. The van der Waals surface area contributed by atoms with Gasteiger partial charge in [0.05, 0.1) is 11.9 Å². The molecule has 0 bridgehead atoms. The van der Waals surface area contributed by atoms with E-state index in [1.54, 1.807) is 36.2 Å². The van der Waals surface area contributed by atoms with E-state index in [-0.39, 0.29) is 37.7 Å². The lowest BCUT2D eigenvalue weighted by Gasteiger charge is -2.32. The van der Waals surface area contributed by atoms with Crippen LogP contribution in [-0.4, -0.2) is 51.0 Å². The number of aryl methyl sites for hydroxylation is 1. The molecule has 0 spiro atoms. The minimum atomic E-state index is -3.57. The van der Waals surface area contributed by atoms with Gasteiger partial charge in [0.25, 0.3) is 0 Å². The molecule has 39 heavy (non-hydrogen) atoms. The zero-order chi connectivity index (χ0) is 28.6.